The Labute approximate surface area is 204 Å². The maximum absolute atomic E-state index is 13.5. The van der Waals surface area contributed by atoms with Crippen LogP contribution in [-0.2, 0) is 20.9 Å². The molecule has 1 aliphatic carbocycles. The number of carbonyl (C=O) groups excluding carboxylic acids is 2. The Morgan fingerprint density at radius 1 is 1.09 bits per heavy atom. The van der Waals surface area contributed by atoms with E-state index in [1.165, 1.54) is 0 Å². The SMILES string of the molecule is COc1ccc(COC(=O)C2=C(C)NC3=C(C(=O)CC(C)(C)C3)C2c2ccc3c(c2)OCO3)cc1. The first-order valence-electron chi connectivity index (χ1n) is 11.7. The normalized spacial score (nSPS) is 20.3. The molecule has 2 heterocycles. The van der Waals surface area contributed by atoms with Crippen LogP contribution in [0, 0.1) is 5.41 Å². The minimum absolute atomic E-state index is 0.0411. The summed E-state index contributed by atoms with van der Waals surface area (Å²) in [6.07, 6.45) is 1.14. The number of allylic oxidation sites excluding steroid dienone is 3. The van der Waals surface area contributed by atoms with Gasteiger partial charge in [0.15, 0.2) is 17.3 Å². The quantitative estimate of drug-likeness (QED) is 0.624. The number of Topliss-reactive ketones (excluding diaryl/α,β-unsaturated/α-hetero) is 1. The van der Waals surface area contributed by atoms with E-state index in [9.17, 15) is 9.59 Å². The molecule has 0 fully saturated rings. The van der Waals surface area contributed by atoms with E-state index >= 15 is 0 Å². The Morgan fingerprint density at radius 2 is 1.83 bits per heavy atom. The first kappa shape index (κ1) is 23.0. The maximum Gasteiger partial charge on any atom is 0.337 e. The fourth-order valence-electron chi connectivity index (χ4n) is 5.08. The number of hydrogen-bond acceptors (Lipinski definition) is 7. The minimum Gasteiger partial charge on any atom is -0.497 e. The van der Waals surface area contributed by atoms with Gasteiger partial charge in [0, 0.05) is 29.3 Å². The van der Waals surface area contributed by atoms with Crippen LogP contribution < -0.4 is 19.5 Å². The summed E-state index contributed by atoms with van der Waals surface area (Å²) in [7, 11) is 1.60. The van der Waals surface area contributed by atoms with E-state index in [-0.39, 0.29) is 24.6 Å². The lowest BCUT2D eigenvalue weighted by Crippen LogP contribution is -2.38. The summed E-state index contributed by atoms with van der Waals surface area (Å²) in [5.74, 6) is 1.02. The molecule has 0 saturated heterocycles. The molecule has 1 unspecified atom stereocenters. The fourth-order valence-corrected chi connectivity index (χ4v) is 5.08. The summed E-state index contributed by atoms with van der Waals surface area (Å²) in [6, 6.07) is 12.9. The van der Waals surface area contributed by atoms with Crippen molar-refractivity contribution in [1.82, 2.24) is 5.32 Å². The van der Waals surface area contributed by atoms with E-state index in [4.69, 9.17) is 18.9 Å². The van der Waals surface area contributed by atoms with Crippen LogP contribution in [0.25, 0.3) is 0 Å². The molecule has 1 atom stereocenters. The van der Waals surface area contributed by atoms with Gasteiger partial charge in [-0.25, -0.2) is 4.79 Å². The van der Waals surface area contributed by atoms with Gasteiger partial charge in [0.2, 0.25) is 6.79 Å². The van der Waals surface area contributed by atoms with Crippen LogP contribution in [0.5, 0.6) is 17.2 Å². The molecule has 0 radical (unpaired) electrons. The van der Waals surface area contributed by atoms with E-state index < -0.39 is 11.9 Å². The number of methoxy groups -OCH3 is 1. The predicted molar refractivity (Wildman–Crippen MR) is 129 cm³/mol. The van der Waals surface area contributed by atoms with E-state index in [2.05, 4.69) is 19.2 Å². The van der Waals surface area contributed by atoms with Crippen molar-refractivity contribution in [2.24, 2.45) is 5.41 Å². The molecule has 0 aromatic heterocycles. The molecule has 1 N–H and O–H groups in total. The summed E-state index contributed by atoms with van der Waals surface area (Å²) in [5, 5.41) is 3.37. The number of benzene rings is 2. The molecule has 0 spiro atoms. The van der Waals surface area contributed by atoms with Crippen molar-refractivity contribution in [2.75, 3.05) is 13.9 Å². The smallest absolute Gasteiger partial charge is 0.337 e. The highest BCUT2D eigenvalue weighted by Crippen LogP contribution is 2.48. The van der Waals surface area contributed by atoms with E-state index in [0.29, 0.717) is 34.8 Å². The topological polar surface area (TPSA) is 83.1 Å². The molecule has 7 heteroatoms. The van der Waals surface area contributed by atoms with Crippen LogP contribution in [0.2, 0.25) is 0 Å². The summed E-state index contributed by atoms with van der Waals surface area (Å²) in [4.78, 5) is 26.9. The van der Waals surface area contributed by atoms with Crippen molar-refractivity contribution >= 4 is 11.8 Å². The summed E-state index contributed by atoms with van der Waals surface area (Å²) in [6.45, 7) is 6.30. The van der Waals surface area contributed by atoms with Gasteiger partial charge in [-0.1, -0.05) is 32.0 Å². The molecule has 0 saturated carbocycles. The summed E-state index contributed by atoms with van der Waals surface area (Å²) < 4.78 is 22.0. The Balaban J connectivity index is 1.50. The first-order valence-corrected chi connectivity index (χ1v) is 11.7. The highest BCUT2D eigenvalue weighted by atomic mass is 16.7. The Bertz CT molecular complexity index is 1250. The maximum atomic E-state index is 13.5. The van der Waals surface area contributed by atoms with Gasteiger partial charge in [-0.05, 0) is 54.2 Å². The van der Waals surface area contributed by atoms with E-state index in [1.54, 1.807) is 7.11 Å². The highest BCUT2D eigenvalue weighted by molar-refractivity contribution is 6.04. The number of carbonyl (C=O) groups is 2. The molecular formula is C28H29NO6. The third-order valence-electron chi connectivity index (χ3n) is 6.72. The van der Waals surface area contributed by atoms with Crippen molar-refractivity contribution in [2.45, 2.75) is 46.1 Å². The zero-order chi connectivity index (χ0) is 24.7. The van der Waals surface area contributed by atoms with Crippen molar-refractivity contribution in [3.8, 4) is 17.2 Å². The number of ketones is 1. The number of rotatable bonds is 5. The van der Waals surface area contributed by atoms with Gasteiger partial charge >= 0.3 is 5.97 Å². The second-order valence-electron chi connectivity index (χ2n) is 9.97. The standard InChI is InChI=1S/C28H29NO6/c1-16-24(27(31)33-14-17-5-8-19(32-4)9-6-17)25(18-7-10-22-23(11-18)35-15-34-22)26-20(29-16)12-28(2,3)13-21(26)30/h5-11,25,29H,12-15H2,1-4H3. The van der Waals surface area contributed by atoms with Crippen molar-refractivity contribution in [3.05, 3.63) is 76.1 Å². The highest BCUT2D eigenvalue weighted by Gasteiger charge is 2.43. The number of esters is 1. The monoisotopic (exact) mass is 475 g/mol. The third kappa shape index (κ3) is 4.38. The van der Waals surface area contributed by atoms with Crippen LogP contribution in [-0.4, -0.2) is 25.7 Å². The van der Waals surface area contributed by atoms with Gasteiger partial charge in [0.1, 0.15) is 12.4 Å². The zero-order valence-electron chi connectivity index (χ0n) is 20.4. The van der Waals surface area contributed by atoms with E-state index in [0.717, 1.165) is 29.0 Å². The van der Waals surface area contributed by atoms with E-state index in [1.807, 2.05) is 49.4 Å². The van der Waals surface area contributed by atoms with Gasteiger partial charge in [0.25, 0.3) is 0 Å². The van der Waals surface area contributed by atoms with Crippen molar-refractivity contribution in [3.63, 3.8) is 0 Å². The van der Waals surface area contributed by atoms with Crippen LogP contribution in [0.4, 0.5) is 0 Å². The summed E-state index contributed by atoms with van der Waals surface area (Å²) >= 11 is 0. The largest absolute Gasteiger partial charge is 0.497 e. The van der Waals surface area contributed by atoms with Gasteiger partial charge in [-0.3, -0.25) is 4.79 Å². The lowest BCUT2D eigenvalue weighted by atomic mass is 9.68. The van der Waals surface area contributed by atoms with Crippen LogP contribution in [0.1, 0.15) is 50.7 Å². The molecule has 5 rings (SSSR count). The number of ether oxygens (including phenoxy) is 4. The average Bonchev–Trinajstić information content (AvgIpc) is 3.29. The number of fused-ring (bicyclic) bond motifs is 1. The molecule has 35 heavy (non-hydrogen) atoms. The molecule has 3 aliphatic rings. The fraction of sp³-hybridized carbons (Fsp3) is 0.357. The lowest BCUT2D eigenvalue weighted by molar-refractivity contribution is -0.140. The van der Waals surface area contributed by atoms with Crippen molar-refractivity contribution < 1.29 is 28.5 Å². The Kier molecular flexibility index (Phi) is 5.79. The molecule has 0 amide bonds. The van der Waals surface area contributed by atoms with Gasteiger partial charge < -0.3 is 24.3 Å². The molecule has 2 aromatic carbocycles. The van der Waals surface area contributed by atoms with Crippen molar-refractivity contribution in [1.29, 1.82) is 0 Å². The van der Waals surface area contributed by atoms with Crippen LogP contribution in [0.3, 0.4) is 0 Å². The Hall–Kier alpha value is -3.74. The molecular weight excluding hydrogens is 446 g/mol. The minimum atomic E-state index is -0.548. The Morgan fingerprint density at radius 3 is 2.57 bits per heavy atom. The molecule has 2 aromatic rings. The predicted octanol–water partition coefficient (Wildman–Crippen LogP) is 4.77. The second-order valence-corrected chi connectivity index (χ2v) is 9.97. The van der Waals surface area contributed by atoms with Crippen LogP contribution in [0.15, 0.2) is 65.0 Å². The third-order valence-corrected chi connectivity index (χ3v) is 6.72. The molecule has 2 aliphatic heterocycles. The van der Waals surface area contributed by atoms with Gasteiger partial charge in [-0.2, -0.15) is 0 Å². The van der Waals surface area contributed by atoms with Crippen LogP contribution >= 0.6 is 0 Å². The molecule has 182 valence electrons. The average molecular weight is 476 g/mol. The first-order chi connectivity index (χ1) is 16.8. The van der Waals surface area contributed by atoms with Gasteiger partial charge in [-0.15, -0.1) is 0 Å². The molecule has 0 bridgehead atoms. The van der Waals surface area contributed by atoms with Gasteiger partial charge in [0.05, 0.1) is 12.7 Å². The second kappa shape index (κ2) is 8.80. The number of dihydropyridines is 1. The lowest BCUT2D eigenvalue weighted by Gasteiger charge is -2.39. The number of nitrogens with one attached hydrogen (secondary N) is 1. The molecule has 7 nitrogen and oxygen atoms in total. The number of hydrogen-bond donors (Lipinski definition) is 1. The zero-order valence-corrected chi connectivity index (χ0v) is 20.4. The summed E-state index contributed by atoms with van der Waals surface area (Å²) in [5.41, 5.74) is 4.11.